The molecule has 0 radical (unpaired) electrons. The van der Waals surface area contributed by atoms with Crippen LogP contribution in [0.3, 0.4) is 0 Å². The van der Waals surface area contributed by atoms with Crippen molar-refractivity contribution in [2.75, 3.05) is 5.32 Å². The Balaban J connectivity index is 1.96. The van der Waals surface area contributed by atoms with Crippen molar-refractivity contribution < 1.29 is 9.18 Å². The van der Waals surface area contributed by atoms with Gasteiger partial charge in [-0.2, -0.15) is 0 Å². The number of carbonyl (C=O) groups is 1. The van der Waals surface area contributed by atoms with Gasteiger partial charge in [-0.3, -0.25) is 10.1 Å². The van der Waals surface area contributed by atoms with Crippen molar-refractivity contribution in [3.05, 3.63) is 54.1 Å². The largest absolute Gasteiger partial charge is 0.331 e. The number of carbonyl (C=O) groups excluding carboxylic acids is 1. The molecule has 4 nitrogen and oxygen atoms in total. The second-order valence-electron chi connectivity index (χ2n) is 3.31. The molecule has 1 aromatic heterocycles. The van der Waals surface area contributed by atoms with Crippen molar-refractivity contribution in [1.29, 1.82) is 0 Å². The molecule has 2 N–H and O–H groups in total. The number of halogens is 1. The number of anilines is 1. The zero-order valence-electron chi connectivity index (χ0n) is 8.85. The first-order valence-electron chi connectivity index (χ1n) is 4.98. The first-order valence-corrected chi connectivity index (χ1v) is 4.98. The van der Waals surface area contributed by atoms with Gasteiger partial charge in [-0.1, -0.05) is 12.1 Å². The Morgan fingerprint density at radius 1 is 1.35 bits per heavy atom. The molecule has 2 aromatic rings. The van der Waals surface area contributed by atoms with E-state index in [0.29, 0.717) is 5.95 Å². The molecule has 1 heterocycles. The molecule has 0 saturated heterocycles. The lowest BCUT2D eigenvalue weighted by Gasteiger charge is -1.96. The standard InChI is InChI=1S/C12H10FN3O/c13-10-4-1-9(2-5-10)3-6-11(17)16-12-14-7-8-15-12/h1-8H,(H2,14,15,16,17). The highest BCUT2D eigenvalue weighted by Gasteiger charge is 1.98. The van der Waals surface area contributed by atoms with Crippen molar-refractivity contribution in [3.8, 4) is 0 Å². The zero-order chi connectivity index (χ0) is 12.1. The molecular weight excluding hydrogens is 221 g/mol. The highest BCUT2D eigenvalue weighted by atomic mass is 19.1. The van der Waals surface area contributed by atoms with Crippen LogP contribution in [-0.2, 0) is 4.79 Å². The Hall–Kier alpha value is -2.43. The summed E-state index contributed by atoms with van der Waals surface area (Å²) in [5, 5.41) is 2.54. The molecule has 0 aliphatic carbocycles. The summed E-state index contributed by atoms with van der Waals surface area (Å²) in [6.07, 6.45) is 6.10. The van der Waals surface area contributed by atoms with Crippen molar-refractivity contribution in [1.82, 2.24) is 9.97 Å². The van der Waals surface area contributed by atoms with E-state index >= 15 is 0 Å². The van der Waals surface area contributed by atoms with E-state index in [9.17, 15) is 9.18 Å². The van der Waals surface area contributed by atoms with Gasteiger partial charge in [-0.25, -0.2) is 9.37 Å². The van der Waals surface area contributed by atoms with Crippen LogP contribution in [0.1, 0.15) is 5.56 Å². The number of imidazole rings is 1. The van der Waals surface area contributed by atoms with E-state index in [2.05, 4.69) is 15.3 Å². The van der Waals surface area contributed by atoms with Crippen LogP contribution in [0.25, 0.3) is 6.08 Å². The van der Waals surface area contributed by atoms with E-state index in [-0.39, 0.29) is 11.7 Å². The third kappa shape index (κ3) is 3.27. The molecule has 5 heteroatoms. The summed E-state index contributed by atoms with van der Waals surface area (Å²) < 4.78 is 12.6. The third-order valence-electron chi connectivity index (χ3n) is 2.04. The van der Waals surface area contributed by atoms with Gasteiger partial charge in [0.1, 0.15) is 5.82 Å². The van der Waals surface area contributed by atoms with Crippen LogP contribution in [0.4, 0.5) is 10.3 Å². The Morgan fingerprint density at radius 2 is 2.12 bits per heavy atom. The molecule has 2 rings (SSSR count). The SMILES string of the molecule is O=C(C=Cc1ccc(F)cc1)Nc1ncc[nH]1. The monoisotopic (exact) mass is 231 g/mol. The second-order valence-corrected chi connectivity index (χ2v) is 3.31. The molecule has 1 amide bonds. The lowest BCUT2D eigenvalue weighted by atomic mass is 10.2. The number of rotatable bonds is 3. The normalized spacial score (nSPS) is 10.6. The number of benzene rings is 1. The Morgan fingerprint density at radius 3 is 2.76 bits per heavy atom. The maximum absolute atomic E-state index is 12.6. The van der Waals surface area contributed by atoms with Gasteiger partial charge in [0.25, 0.3) is 5.91 Å². The summed E-state index contributed by atoms with van der Waals surface area (Å²) in [4.78, 5) is 18.0. The maximum atomic E-state index is 12.6. The van der Waals surface area contributed by atoms with E-state index in [1.807, 2.05) is 0 Å². The summed E-state index contributed by atoms with van der Waals surface area (Å²) in [7, 11) is 0. The predicted octanol–water partition coefficient (Wildman–Crippen LogP) is 2.20. The van der Waals surface area contributed by atoms with Gasteiger partial charge < -0.3 is 4.98 Å². The van der Waals surface area contributed by atoms with E-state index in [1.54, 1.807) is 30.6 Å². The molecule has 0 spiro atoms. The van der Waals surface area contributed by atoms with Crippen LogP contribution in [-0.4, -0.2) is 15.9 Å². The Labute approximate surface area is 97.2 Å². The topological polar surface area (TPSA) is 57.8 Å². The summed E-state index contributed by atoms with van der Waals surface area (Å²) in [5.74, 6) is -0.217. The number of nitrogens with one attached hydrogen (secondary N) is 2. The number of amides is 1. The number of nitrogens with zero attached hydrogens (tertiary/aromatic N) is 1. The minimum atomic E-state index is -0.304. The van der Waals surface area contributed by atoms with Crippen molar-refractivity contribution in [2.45, 2.75) is 0 Å². The Bertz CT molecular complexity index is 517. The molecular formula is C12H10FN3O. The van der Waals surface area contributed by atoms with E-state index in [1.165, 1.54) is 18.2 Å². The third-order valence-corrected chi connectivity index (χ3v) is 2.04. The fraction of sp³-hybridized carbons (Fsp3) is 0. The first kappa shape index (κ1) is 11.1. The van der Waals surface area contributed by atoms with Crippen LogP contribution in [0.2, 0.25) is 0 Å². The molecule has 17 heavy (non-hydrogen) atoms. The van der Waals surface area contributed by atoms with Crippen molar-refractivity contribution in [2.24, 2.45) is 0 Å². The van der Waals surface area contributed by atoms with Gasteiger partial charge in [0.2, 0.25) is 5.95 Å². The predicted molar refractivity (Wildman–Crippen MR) is 62.7 cm³/mol. The van der Waals surface area contributed by atoms with Gasteiger partial charge in [-0.15, -0.1) is 0 Å². The van der Waals surface area contributed by atoms with Gasteiger partial charge >= 0.3 is 0 Å². The molecule has 1 aromatic carbocycles. The average Bonchev–Trinajstić information content (AvgIpc) is 2.81. The lowest BCUT2D eigenvalue weighted by molar-refractivity contribution is -0.111. The molecule has 0 atom stereocenters. The zero-order valence-corrected chi connectivity index (χ0v) is 8.85. The van der Waals surface area contributed by atoms with Crippen LogP contribution in [0, 0.1) is 5.82 Å². The first-order chi connectivity index (χ1) is 8.24. The van der Waals surface area contributed by atoms with Gasteiger partial charge in [-0.05, 0) is 23.8 Å². The minimum Gasteiger partial charge on any atom is -0.331 e. The van der Waals surface area contributed by atoms with Gasteiger partial charge in [0.05, 0.1) is 0 Å². The van der Waals surface area contributed by atoms with E-state index in [0.717, 1.165) is 5.56 Å². The average molecular weight is 231 g/mol. The fourth-order valence-electron chi connectivity index (χ4n) is 1.24. The second kappa shape index (κ2) is 5.07. The van der Waals surface area contributed by atoms with Gasteiger partial charge in [0, 0.05) is 18.5 Å². The summed E-state index contributed by atoms with van der Waals surface area (Å²) in [6.45, 7) is 0. The summed E-state index contributed by atoms with van der Waals surface area (Å²) in [6, 6.07) is 5.85. The van der Waals surface area contributed by atoms with Crippen molar-refractivity contribution >= 4 is 17.9 Å². The van der Waals surface area contributed by atoms with Crippen molar-refractivity contribution in [3.63, 3.8) is 0 Å². The number of aromatic nitrogens is 2. The van der Waals surface area contributed by atoms with Crippen LogP contribution < -0.4 is 5.32 Å². The fourth-order valence-corrected chi connectivity index (χ4v) is 1.24. The molecule has 0 unspecified atom stereocenters. The molecule has 0 bridgehead atoms. The smallest absolute Gasteiger partial charge is 0.250 e. The van der Waals surface area contributed by atoms with Crippen LogP contribution in [0.5, 0.6) is 0 Å². The number of H-pyrrole nitrogens is 1. The number of hydrogen-bond donors (Lipinski definition) is 2. The highest BCUT2D eigenvalue weighted by molar-refractivity contribution is 6.00. The van der Waals surface area contributed by atoms with Crippen LogP contribution >= 0.6 is 0 Å². The van der Waals surface area contributed by atoms with E-state index in [4.69, 9.17) is 0 Å². The van der Waals surface area contributed by atoms with Crippen LogP contribution in [0.15, 0.2) is 42.7 Å². The maximum Gasteiger partial charge on any atom is 0.250 e. The molecule has 0 aliphatic heterocycles. The van der Waals surface area contributed by atoms with Gasteiger partial charge in [0.15, 0.2) is 0 Å². The minimum absolute atomic E-state index is 0.302. The number of hydrogen-bond acceptors (Lipinski definition) is 2. The summed E-state index contributed by atoms with van der Waals surface area (Å²) >= 11 is 0. The lowest BCUT2D eigenvalue weighted by Crippen LogP contribution is -2.08. The quantitative estimate of drug-likeness (QED) is 0.795. The highest BCUT2D eigenvalue weighted by Crippen LogP contribution is 2.04. The molecule has 86 valence electrons. The molecule has 0 saturated carbocycles. The molecule has 0 fully saturated rings. The van der Waals surface area contributed by atoms with E-state index < -0.39 is 0 Å². The number of aromatic amines is 1. The molecule has 0 aliphatic rings. The Kier molecular flexibility index (Phi) is 3.30. The summed E-state index contributed by atoms with van der Waals surface area (Å²) in [5.41, 5.74) is 0.751.